The molecule has 4 heterocycles. The monoisotopic (exact) mass is 798 g/mol. The second-order valence-corrected chi connectivity index (χ2v) is 16.3. The van der Waals surface area contributed by atoms with Gasteiger partial charge in [-0.15, -0.1) is 0 Å². The quantitative estimate of drug-likeness (QED) is 0.156. The molecule has 0 radical (unpaired) electrons. The molecule has 5 nitrogen and oxygen atoms in total. The third-order valence-electron chi connectivity index (χ3n) is 12.5. The molecule has 3 N–H and O–H groups in total. The van der Waals surface area contributed by atoms with E-state index in [0.29, 0.717) is 0 Å². The lowest BCUT2D eigenvalue weighted by Gasteiger charge is -2.33. The summed E-state index contributed by atoms with van der Waals surface area (Å²) in [7, 11) is 0. The van der Waals surface area contributed by atoms with Crippen LogP contribution in [0.3, 0.4) is 0 Å². The van der Waals surface area contributed by atoms with E-state index in [1.54, 1.807) is 0 Å². The van der Waals surface area contributed by atoms with Crippen molar-refractivity contribution in [3.8, 4) is 11.1 Å². The molecule has 296 valence electrons. The van der Waals surface area contributed by atoms with Crippen molar-refractivity contribution in [2.24, 2.45) is 0 Å². The first kappa shape index (κ1) is 36.0. The number of hydrogen-bond acceptors (Lipinski definition) is 5. The van der Waals surface area contributed by atoms with Crippen molar-refractivity contribution in [3.63, 3.8) is 0 Å². The maximum absolute atomic E-state index is 6.63. The fourth-order valence-corrected chi connectivity index (χ4v) is 9.43. The number of fused-ring (bicyclic) bond motifs is 6. The van der Waals surface area contributed by atoms with Gasteiger partial charge in [-0.1, -0.05) is 133 Å². The molecule has 0 amide bonds. The minimum Gasteiger partial charge on any atom is -0.456 e. The molecule has 1 aromatic heterocycles. The highest BCUT2D eigenvalue weighted by atomic mass is 16.3. The van der Waals surface area contributed by atoms with E-state index < -0.39 is 0 Å². The largest absolute Gasteiger partial charge is 0.456 e. The zero-order chi connectivity index (χ0) is 41.0. The number of furan rings is 1. The topological polar surface area (TPSA) is 52.5 Å². The van der Waals surface area contributed by atoms with Crippen LogP contribution in [-0.4, -0.2) is 6.54 Å². The van der Waals surface area contributed by atoms with E-state index in [9.17, 15) is 0 Å². The summed E-state index contributed by atoms with van der Waals surface area (Å²) in [5, 5.41) is 16.0. The molecule has 0 saturated heterocycles. The van der Waals surface area contributed by atoms with Crippen LogP contribution in [-0.2, 0) is 0 Å². The Balaban J connectivity index is 1.01. The van der Waals surface area contributed by atoms with E-state index in [4.69, 9.17) is 4.42 Å². The SMILES string of the molecule is C1=CC(c2cc(C3=CC(c4ccc5ccccc5c4)NC(c4cccc5c4oc4ccccc45)N3)cc(-c3ccc4c(c3)C=Cc3ccccc3N4c3ccccc3)c2)=CCN1. The minimum atomic E-state index is -0.246. The molecule has 2 atom stereocenters. The molecule has 62 heavy (non-hydrogen) atoms. The summed E-state index contributed by atoms with van der Waals surface area (Å²) >= 11 is 0. The number of nitrogens with zero attached hydrogens (tertiary/aromatic N) is 1. The van der Waals surface area contributed by atoms with Gasteiger partial charge in [0.05, 0.1) is 17.4 Å². The molecule has 0 saturated carbocycles. The molecule has 12 rings (SSSR count). The van der Waals surface area contributed by atoms with Crippen LogP contribution in [0.1, 0.15) is 45.6 Å². The van der Waals surface area contributed by atoms with Gasteiger partial charge in [-0.25, -0.2) is 0 Å². The summed E-state index contributed by atoms with van der Waals surface area (Å²) in [5.41, 5.74) is 16.6. The van der Waals surface area contributed by atoms with Crippen molar-refractivity contribution in [2.45, 2.75) is 12.2 Å². The Morgan fingerprint density at radius 3 is 2.24 bits per heavy atom. The molecular weight excluding hydrogens is 757 g/mol. The van der Waals surface area contributed by atoms with Crippen LogP contribution in [0.25, 0.3) is 67.3 Å². The lowest BCUT2D eigenvalue weighted by molar-refractivity contribution is 0.441. The molecule has 0 spiro atoms. The number of nitrogens with one attached hydrogen (secondary N) is 3. The van der Waals surface area contributed by atoms with Crippen molar-refractivity contribution in [1.82, 2.24) is 16.0 Å². The van der Waals surface area contributed by atoms with Crippen LogP contribution in [0.2, 0.25) is 0 Å². The Morgan fingerprint density at radius 1 is 0.548 bits per heavy atom. The number of benzene rings is 8. The Hall–Kier alpha value is -7.86. The Kier molecular flexibility index (Phi) is 8.72. The highest BCUT2D eigenvalue weighted by Crippen LogP contribution is 2.44. The molecule has 2 unspecified atom stereocenters. The zero-order valence-corrected chi connectivity index (χ0v) is 33.9. The minimum absolute atomic E-state index is 0.0891. The molecule has 0 fully saturated rings. The van der Waals surface area contributed by atoms with Gasteiger partial charge in [-0.2, -0.15) is 0 Å². The Labute approximate surface area is 360 Å². The van der Waals surface area contributed by atoms with Gasteiger partial charge in [0.25, 0.3) is 0 Å². The summed E-state index contributed by atoms with van der Waals surface area (Å²) in [6.45, 7) is 0.781. The van der Waals surface area contributed by atoms with E-state index in [1.807, 2.05) is 12.3 Å². The molecule has 8 aromatic carbocycles. The number of para-hydroxylation sites is 4. The van der Waals surface area contributed by atoms with Gasteiger partial charge in [0.15, 0.2) is 0 Å². The third-order valence-corrected chi connectivity index (χ3v) is 12.5. The number of anilines is 3. The highest BCUT2D eigenvalue weighted by molar-refractivity contribution is 6.06. The smallest absolute Gasteiger partial charge is 0.142 e. The average Bonchev–Trinajstić information content (AvgIpc) is 3.64. The maximum atomic E-state index is 6.63. The number of allylic oxidation sites excluding steroid dienone is 2. The van der Waals surface area contributed by atoms with E-state index in [0.717, 1.165) is 79.1 Å². The Bertz CT molecular complexity index is 3330. The molecule has 3 aliphatic heterocycles. The van der Waals surface area contributed by atoms with E-state index in [2.05, 4.69) is 221 Å². The van der Waals surface area contributed by atoms with Gasteiger partial charge >= 0.3 is 0 Å². The standard InChI is InChI=1S/C57H42N4O/c1-2-14-47(15-3-1)61-53-19-8-6-12-39(53)22-24-43-32-41(25-26-54(43)61)45-33-44(38-27-29-58-30-28-38)34-46(35-45)52-36-51(42-23-21-37-11-4-5-13-40(37)31-42)59-57(60-52)50-18-10-17-49-48-16-7-9-20-55(48)62-56(49)50/h1-29,31-36,51,57-60H,30H2. The first-order chi connectivity index (χ1) is 30.7. The van der Waals surface area contributed by atoms with Crippen LogP contribution >= 0.6 is 0 Å². The second kappa shape index (κ2) is 15.0. The van der Waals surface area contributed by atoms with Crippen molar-refractivity contribution in [1.29, 1.82) is 0 Å². The first-order valence-corrected chi connectivity index (χ1v) is 21.4. The normalized spacial score (nSPS) is 16.9. The molecule has 0 bridgehead atoms. The van der Waals surface area contributed by atoms with Crippen LogP contribution in [0.4, 0.5) is 17.1 Å². The van der Waals surface area contributed by atoms with Gasteiger partial charge in [0.2, 0.25) is 0 Å². The van der Waals surface area contributed by atoms with Crippen molar-refractivity contribution >= 4 is 73.2 Å². The van der Waals surface area contributed by atoms with Crippen molar-refractivity contribution in [3.05, 3.63) is 234 Å². The summed E-state index contributed by atoms with van der Waals surface area (Å²) in [6.07, 6.45) is 13.1. The number of hydrogen-bond donors (Lipinski definition) is 3. The van der Waals surface area contributed by atoms with E-state index in [-0.39, 0.29) is 12.2 Å². The highest BCUT2D eigenvalue weighted by Gasteiger charge is 2.28. The molecule has 0 aliphatic carbocycles. The van der Waals surface area contributed by atoms with Gasteiger partial charge < -0.3 is 20.0 Å². The van der Waals surface area contributed by atoms with Crippen molar-refractivity contribution in [2.75, 3.05) is 11.4 Å². The van der Waals surface area contributed by atoms with E-state index in [1.165, 1.54) is 33.0 Å². The van der Waals surface area contributed by atoms with Crippen LogP contribution in [0.15, 0.2) is 205 Å². The maximum Gasteiger partial charge on any atom is 0.142 e. The average molecular weight is 799 g/mol. The van der Waals surface area contributed by atoms with Crippen LogP contribution < -0.4 is 20.9 Å². The fraction of sp³-hybridized carbons (Fsp3) is 0.0526. The lowest BCUT2D eigenvalue weighted by Crippen LogP contribution is -2.39. The fourth-order valence-electron chi connectivity index (χ4n) is 9.43. The lowest BCUT2D eigenvalue weighted by atomic mass is 9.91. The first-order valence-electron chi connectivity index (χ1n) is 21.4. The predicted molar refractivity (Wildman–Crippen MR) is 258 cm³/mol. The predicted octanol–water partition coefficient (Wildman–Crippen LogP) is 13.8. The summed E-state index contributed by atoms with van der Waals surface area (Å²) in [5.74, 6) is 0. The molecule has 3 aliphatic rings. The van der Waals surface area contributed by atoms with Gasteiger partial charge in [-0.05, 0) is 134 Å². The number of dihydropyridines is 1. The van der Waals surface area contributed by atoms with Gasteiger partial charge in [0, 0.05) is 34.3 Å². The molecule has 5 heteroatoms. The third kappa shape index (κ3) is 6.38. The summed E-state index contributed by atoms with van der Waals surface area (Å²) in [6, 6.07) is 63.3. The van der Waals surface area contributed by atoms with Gasteiger partial charge in [-0.3, -0.25) is 5.32 Å². The van der Waals surface area contributed by atoms with Gasteiger partial charge in [0.1, 0.15) is 17.3 Å². The zero-order valence-electron chi connectivity index (χ0n) is 33.9. The Morgan fingerprint density at radius 2 is 1.32 bits per heavy atom. The van der Waals surface area contributed by atoms with Crippen molar-refractivity contribution < 1.29 is 4.42 Å². The van der Waals surface area contributed by atoms with E-state index >= 15 is 0 Å². The van der Waals surface area contributed by atoms with Crippen LogP contribution in [0, 0.1) is 0 Å². The second-order valence-electron chi connectivity index (χ2n) is 16.3. The summed E-state index contributed by atoms with van der Waals surface area (Å²) < 4.78 is 6.63. The number of rotatable bonds is 6. The molecular formula is C57H42N4O. The summed E-state index contributed by atoms with van der Waals surface area (Å²) in [4.78, 5) is 2.38. The molecule has 9 aromatic rings. The van der Waals surface area contributed by atoms with Crippen LogP contribution in [0.5, 0.6) is 0 Å².